The third kappa shape index (κ3) is 6.05. The van der Waals surface area contributed by atoms with Crippen molar-refractivity contribution in [2.45, 2.75) is 18.6 Å². The quantitative estimate of drug-likeness (QED) is 0.286. The van der Waals surface area contributed by atoms with Crippen LogP contribution in [0.5, 0.6) is 0 Å². The third-order valence-corrected chi connectivity index (χ3v) is 7.19. The molecule has 1 unspecified atom stereocenters. The molecule has 1 rings (SSSR count). The molecule has 1 aliphatic heterocycles. The zero-order valence-electron chi connectivity index (χ0n) is 8.08. The van der Waals surface area contributed by atoms with Gasteiger partial charge in [-0.2, -0.15) is 0 Å². The van der Waals surface area contributed by atoms with Gasteiger partial charge in [-0.25, -0.2) is 0 Å². The molecule has 0 N–H and O–H groups in total. The lowest BCUT2D eigenvalue weighted by Gasteiger charge is -2.07. The van der Waals surface area contributed by atoms with E-state index in [0.717, 1.165) is 19.8 Å². The average Bonchev–Trinajstić information content (AvgIpc) is 2.79. The van der Waals surface area contributed by atoms with E-state index >= 15 is 0 Å². The fourth-order valence-electron chi connectivity index (χ4n) is 1.01. The minimum absolute atomic E-state index is 0.268. The van der Waals surface area contributed by atoms with Crippen LogP contribution in [0.25, 0.3) is 0 Å². The first-order valence-electron chi connectivity index (χ1n) is 4.63. The van der Waals surface area contributed by atoms with E-state index in [4.69, 9.17) is 9.47 Å². The highest BCUT2D eigenvalue weighted by Crippen LogP contribution is 2.13. The third-order valence-electron chi connectivity index (χ3n) is 1.85. The van der Waals surface area contributed by atoms with Gasteiger partial charge >= 0.3 is 0 Å². The maximum Gasteiger partial charge on any atom is 0.104 e. The lowest BCUT2D eigenvalue weighted by Crippen LogP contribution is -2.03. The van der Waals surface area contributed by atoms with E-state index in [1.54, 1.807) is 0 Å². The van der Waals surface area contributed by atoms with Crippen LogP contribution in [0.3, 0.4) is 0 Å². The molecule has 1 heterocycles. The van der Waals surface area contributed by atoms with Crippen molar-refractivity contribution in [2.24, 2.45) is 0 Å². The summed E-state index contributed by atoms with van der Waals surface area (Å²) in [5, 5.41) is 0. The van der Waals surface area contributed by atoms with E-state index in [2.05, 4.69) is 12.5 Å². The second-order valence-electron chi connectivity index (χ2n) is 3.54. The topological polar surface area (TPSA) is 21.8 Å². The number of hydrogen-bond acceptors (Lipinski definition) is 2. The molecule has 0 aliphatic carbocycles. The van der Waals surface area contributed by atoms with Crippen LogP contribution in [0.1, 0.15) is 6.42 Å². The summed E-state index contributed by atoms with van der Waals surface area (Å²) in [6.07, 6.45) is 6.50. The lowest BCUT2D eigenvalue weighted by molar-refractivity contribution is 0.117. The Bertz CT molecular complexity index is 112. The van der Waals surface area contributed by atoms with Crippen LogP contribution in [-0.2, 0) is 9.47 Å². The molecule has 2 nitrogen and oxygen atoms in total. The molecule has 1 atom stereocenters. The van der Waals surface area contributed by atoms with Gasteiger partial charge in [0.25, 0.3) is 0 Å². The first-order chi connectivity index (χ1) is 5.79. The molecule has 0 aromatic rings. The van der Waals surface area contributed by atoms with Gasteiger partial charge < -0.3 is 9.47 Å². The largest absolute Gasteiger partial charge is 0.379 e. The van der Waals surface area contributed by atoms with Crippen LogP contribution in [-0.4, -0.2) is 47.1 Å². The molecule has 0 radical (unpaired) electrons. The summed E-state index contributed by atoms with van der Waals surface area (Å²) in [5.74, 6) is 0. The van der Waals surface area contributed by atoms with Gasteiger partial charge in [-0.15, -0.1) is 0 Å². The molecule has 1 aliphatic rings. The van der Waals surface area contributed by atoms with Crippen LogP contribution in [0.4, 0.5) is 0 Å². The Morgan fingerprint density at radius 3 is 2.92 bits per heavy atom. The highest BCUT2D eigenvalue weighted by Gasteiger charge is 2.21. The highest BCUT2D eigenvalue weighted by molar-refractivity contribution is 8.36. The maximum atomic E-state index is 5.44. The molecule has 1 fully saturated rings. The molecule has 1 saturated heterocycles. The van der Waals surface area contributed by atoms with Crippen molar-refractivity contribution in [1.82, 2.24) is 0 Å². The van der Waals surface area contributed by atoms with E-state index in [0.29, 0.717) is 16.4 Å². The van der Waals surface area contributed by atoms with Crippen molar-refractivity contribution in [2.75, 3.05) is 32.3 Å². The van der Waals surface area contributed by atoms with Crippen molar-refractivity contribution in [3.05, 3.63) is 0 Å². The van der Waals surface area contributed by atoms with Crippen LogP contribution in [0.15, 0.2) is 0 Å². The minimum Gasteiger partial charge on any atom is -0.379 e. The number of rotatable bonds is 7. The number of epoxide rings is 1. The fraction of sp³-hybridized carbons (Fsp3) is 1.00. The molecule has 0 aromatic carbocycles. The van der Waals surface area contributed by atoms with Gasteiger partial charge in [-0.1, -0.05) is 6.04 Å². The van der Waals surface area contributed by atoms with Gasteiger partial charge in [0.15, 0.2) is 0 Å². The highest BCUT2D eigenvalue weighted by atomic mass is 32.4. The Balaban J connectivity index is 1.70. The standard InChI is InChI=1S/C8H20O2SSi/c1-11(2)12-5-3-4-9-6-8-7-10-8/h8,11H,3-7,12H2,1-2H3. The Morgan fingerprint density at radius 2 is 2.33 bits per heavy atom. The number of ether oxygens (including phenoxy) is 2. The Labute approximate surface area is 79.8 Å². The molecule has 4 heteroatoms. The second kappa shape index (κ2) is 6.02. The van der Waals surface area contributed by atoms with Gasteiger partial charge in [0.1, 0.15) is 6.10 Å². The first-order valence-corrected chi connectivity index (χ1v) is 9.95. The van der Waals surface area contributed by atoms with Crippen molar-refractivity contribution in [1.29, 1.82) is 0 Å². The number of hydrogen-bond donors (Lipinski definition) is 1. The Kier molecular flexibility index (Phi) is 5.30. The Morgan fingerprint density at radius 1 is 1.58 bits per heavy atom. The summed E-state index contributed by atoms with van der Waals surface area (Å²) in [7, 11) is 0.705. The van der Waals surface area contributed by atoms with E-state index in [1.807, 2.05) is 0 Å². The van der Waals surface area contributed by atoms with Crippen molar-refractivity contribution in [3.8, 4) is 0 Å². The van der Waals surface area contributed by atoms with Crippen LogP contribution < -0.4 is 0 Å². The van der Waals surface area contributed by atoms with E-state index < -0.39 is 0 Å². The summed E-state index contributed by atoms with van der Waals surface area (Å²) in [5.41, 5.74) is 0. The number of thiol groups is 1. The van der Waals surface area contributed by atoms with Crippen LogP contribution >= 0.6 is 10.3 Å². The summed E-state index contributed by atoms with van der Waals surface area (Å²) in [6, 6.07) is 1.46. The predicted molar refractivity (Wildman–Crippen MR) is 59.4 cm³/mol. The summed E-state index contributed by atoms with van der Waals surface area (Å²) >= 11 is 0. The zero-order valence-corrected chi connectivity index (χ0v) is 10.4. The SMILES string of the molecule is C[SH](C)[SiH2]CCCOCC1CO1. The first kappa shape index (κ1) is 10.6. The van der Waals surface area contributed by atoms with Gasteiger partial charge in [-0.05, 0) is 18.9 Å². The fourth-order valence-corrected chi connectivity index (χ4v) is 4.64. The molecular weight excluding hydrogens is 188 g/mol. The van der Waals surface area contributed by atoms with Crippen LogP contribution in [0.2, 0.25) is 6.04 Å². The van der Waals surface area contributed by atoms with Crippen molar-refractivity contribution >= 4 is 19.0 Å². The molecule has 0 saturated carbocycles. The molecule has 74 valence electrons. The summed E-state index contributed by atoms with van der Waals surface area (Å²) in [6.45, 7) is 2.70. The molecule has 0 bridgehead atoms. The van der Waals surface area contributed by atoms with E-state index in [1.165, 1.54) is 12.5 Å². The monoisotopic (exact) mass is 208 g/mol. The molecule has 0 amide bonds. The van der Waals surface area contributed by atoms with Gasteiger partial charge in [0, 0.05) is 6.61 Å². The van der Waals surface area contributed by atoms with E-state index in [9.17, 15) is 0 Å². The molecule has 12 heavy (non-hydrogen) atoms. The normalized spacial score (nSPS) is 23.5. The molecule has 0 spiro atoms. The van der Waals surface area contributed by atoms with E-state index in [-0.39, 0.29) is 8.67 Å². The zero-order chi connectivity index (χ0) is 8.81. The van der Waals surface area contributed by atoms with Crippen molar-refractivity contribution < 1.29 is 9.47 Å². The smallest absolute Gasteiger partial charge is 0.104 e. The minimum atomic E-state index is 0.268. The van der Waals surface area contributed by atoms with Gasteiger partial charge in [0.05, 0.1) is 21.9 Å². The average molecular weight is 208 g/mol. The predicted octanol–water partition coefficient (Wildman–Crippen LogP) is 0.555. The van der Waals surface area contributed by atoms with Crippen LogP contribution in [0, 0.1) is 0 Å². The van der Waals surface area contributed by atoms with Gasteiger partial charge in [0.2, 0.25) is 0 Å². The lowest BCUT2D eigenvalue weighted by atomic mass is 10.5. The molecule has 0 aromatic heterocycles. The molecular formula is C8H20O2SSi. The second-order valence-corrected chi connectivity index (χ2v) is 12.0. The Hall–Kier alpha value is 0.487. The summed E-state index contributed by atoms with van der Waals surface area (Å²) in [4.78, 5) is 0. The summed E-state index contributed by atoms with van der Waals surface area (Å²) < 4.78 is 10.5. The van der Waals surface area contributed by atoms with Gasteiger partial charge in [-0.3, -0.25) is 10.3 Å². The maximum absolute atomic E-state index is 5.44. The van der Waals surface area contributed by atoms with Crippen molar-refractivity contribution in [3.63, 3.8) is 0 Å².